The van der Waals surface area contributed by atoms with E-state index in [1.807, 2.05) is 36.4 Å². The van der Waals surface area contributed by atoms with Gasteiger partial charge in [-0.2, -0.15) is 0 Å². The lowest BCUT2D eigenvalue weighted by Crippen LogP contribution is -2.26. The molecule has 4 rings (SSSR count). The summed E-state index contributed by atoms with van der Waals surface area (Å²) < 4.78 is 16.1. The largest absolute Gasteiger partial charge is 0.497 e. The van der Waals surface area contributed by atoms with Gasteiger partial charge in [0.05, 0.1) is 19.8 Å². The molecule has 0 saturated carbocycles. The maximum absolute atomic E-state index is 12.2. The summed E-state index contributed by atoms with van der Waals surface area (Å²) >= 11 is 0. The molecule has 3 aromatic carbocycles. The standard InChI is InChI=1S/C27H25NO4/c1-30-20-15-14-19(26(17-20)31-2)9-7-8-16-28-27(29)32-18-25-23-12-5-3-10-21(23)22-11-4-6-13-24(22)25/h3-6,10-15,17,25H,8,16,18H2,1-2H3,(H,28,29). The number of amides is 1. The molecular weight excluding hydrogens is 402 g/mol. The summed E-state index contributed by atoms with van der Waals surface area (Å²) in [5.74, 6) is 7.53. The van der Waals surface area contributed by atoms with Crippen molar-refractivity contribution in [2.45, 2.75) is 12.3 Å². The van der Waals surface area contributed by atoms with Crippen molar-refractivity contribution in [3.05, 3.63) is 83.4 Å². The number of ether oxygens (including phenoxy) is 3. The van der Waals surface area contributed by atoms with Crippen LogP contribution in [0.2, 0.25) is 0 Å². The van der Waals surface area contributed by atoms with Crippen LogP contribution in [0.1, 0.15) is 29.0 Å². The summed E-state index contributed by atoms with van der Waals surface area (Å²) in [4.78, 5) is 12.2. The van der Waals surface area contributed by atoms with Gasteiger partial charge in [-0.1, -0.05) is 60.4 Å². The second-order valence-electron chi connectivity index (χ2n) is 7.37. The molecule has 0 aliphatic heterocycles. The van der Waals surface area contributed by atoms with Gasteiger partial charge in [-0.3, -0.25) is 0 Å². The number of fused-ring (bicyclic) bond motifs is 3. The normalized spacial score (nSPS) is 11.6. The van der Waals surface area contributed by atoms with Crippen molar-refractivity contribution in [3.8, 4) is 34.5 Å². The van der Waals surface area contributed by atoms with Crippen molar-refractivity contribution in [1.82, 2.24) is 5.32 Å². The van der Waals surface area contributed by atoms with E-state index in [4.69, 9.17) is 14.2 Å². The second kappa shape index (κ2) is 9.93. The highest BCUT2D eigenvalue weighted by atomic mass is 16.5. The molecule has 1 aliphatic carbocycles. The van der Waals surface area contributed by atoms with Crippen molar-refractivity contribution >= 4 is 6.09 Å². The van der Waals surface area contributed by atoms with Crippen LogP contribution in [0.3, 0.4) is 0 Å². The monoisotopic (exact) mass is 427 g/mol. The molecule has 0 unspecified atom stereocenters. The molecule has 0 saturated heterocycles. The summed E-state index contributed by atoms with van der Waals surface area (Å²) in [7, 11) is 3.20. The summed E-state index contributed by atoms with van der Waals surface area (Å²) in [6.45, 7) is 0.705. The number of carbonyl (C=O) groups is 1. The van der Waals surface area contributed by atoms with Crippen LogP contribution in [0.25, 0.3) is 11.1 Å². The number of benzene rings is 3. The quantitative estimate of drug-likeness (QED) is 0.445. The Labute approximate surface area is 188 Å². The van der Waals surface area contributed by atoms with Crippen LogP contribution < -0.4 is 14.8 Å². The minimum absolute atomic E-state index is 0.0514. The molecule has 0 fully saturated rings. The molecule has 0 atom stereocenters. The van der Waals surface area contributed by atoms with Crippen molar-refractivity contribution in [2.24, 2.45) is 0 Å². The van der Waals surface area contributed by atoms with Crippen LogP contribution in [0, 0.1) is 11.8 Å². The lowest BCUT2D eigenvalue weighted by molar-refractivity contribution is 0.143. The van der Waals surface area contributed by atoms with Crippen LogP contribution in [-0.2, 0) is 4.74 Å². The number of nitrogens with one attached hydrogen (secondary N) is 1. The first kappa shape index (κ1) is 21.3. The number of methoxy groups -OCH3 is 2. The second-order valence-corrected chi connectivity index (χ2v) is 7.37. The molecule has 162 valence electrons. The van der Waals surface area contributed by atoms with Gasteiger partial charge in [-0.15, -0.1) is 0 Å². The Morgan fingerprint density at radius 1 is 0.938 bits per heavy atom. The van der Waals surface area contributed by atoms with E-state index in [9.17, 15) is 4.79 Å². The zero-order chi connectivity index (χ0) is 22.3. The fraction of sp³-hybridized carbons (Fsp3) is 0.222. The minimum atomic E-state index is -0.435. The SMILES string of the molecule is COc1ccc(C#CCCNC(=O)OCC2c3ccccc3-c3ccccc32)c(OC)c1. The van der Waals surface area contributed by atoms with Crippen LogP contribution in [-0.4, -0.2) is 33.5 Å². The minimum Gasteiger partial charge on any atom is -0.497 e. The van der Waals surface area contributed by atoms with Crippen LogP contribution in [0.5, 0.6) is 11.5 Å². The Morgan fingerprint density at radius 2 is 1.62 bits per heavy atom. The molecule has 0 heterocycles. The third-order valence-corrected chi connectivity index (χ3v) is 5.49. The summed E-state index contributed by atoms with van der Waals surface area (Å²) in [6, 6.07) is 22.0. The molecule has 1 N–H and O–H groups in total. The van der Waals surface area contributed by atoms with E-state index in [-0.39, 0.29) is 5.92 Å². The molecule has 0 radical (unpaired) electrons. The Morgan fingerprint density at radius 3 is 2.28 bits per heavy atom. The van der Waals surface area contributed by atoms with E-state index in [1.165, 1.54) is 22.3 Å². The average molecular weight is 428 g/mol. The van der Waals surface area contributed by atoms with E-state index in [0.29, 0.717) is 31.1 Å². The zero-order valence-electron chi connectivity index (χ0n) is 18.2. The number of alkyl carbamates (subject to hydrolysis) is 1. The molecule has 5 nitrogen and oxygen atoms in total. The van der Waals surface area contributed by atoms with Crippen molar-refractivity contribution in [1.29, 1.82) is 0 Å². The maximum Gasteiger partial charge on any atom is 0.407 e. The molecule has 0 bridgehead atoms. The van der Waals surface area contributed by atoms with E-state index in [1.54, 1.807) is 20.3 Å². The van der Waals surface area contributed by atoms with Crippen LogP contribution >= 0.6 is 0 Å². The lowest BCUT2D eigenvalue weighted by Gasteiger charge is -2.14. The Kier molecular flexibility index (Phi) is 6.62. The highest BCUT2D eigenvalue weighted by molar-refractivity contribution is 5.79. The predicted octanol–water partition coefficient (Wildman–Crippen LogP) is 4.98. The smallest absolute Gasteiger partial charge is 0.407 e. The van der Waals surface area contributed by atoms with Gasteiger partial charge in [0.15, 0.2) is 0 Å². The van der Waals surface area contributed by atoms with E-state index in [2.05, 4.69) is 41.4 Å². The van der Waals surface area contributed by atoms with E-state index >= 15 is 0 Å². The van der Waals surface area contributed by atoms with Gasteiger partial charge in [-0.25, -0.2) is 4.79 Å². The van der Waals surface area contributed by atoms with Gasteiger partial charge < -0.3 is 19.5 Å². The molecule has 32 heavy (non-hydrogen) atoms. The van der Waals surface area contributed by atoms with Crippen LogP contribution in [0.4, 0.5) is 4.79 Å². The average Bonchev–Trinajstić information content (AvgIpc) is 3.16. The number of hydrogen-bond acceptors (Lipinski definition) is 4. The van der Waals surface area contributed by atoms with E-state index < -0.39 is 6.09 Å². The fourth-order valence-electron chi connectivity index (χ4n) is 3.94. The number of hydrogen-bond donors (Lipinski definition) is 1. The van der Waals surface area contributed by atoms with Gasteiger partial charge in [0.25, 0.3) is 0 Å². The van der Waals surface area contributed by atoms with Crippen molar-refractivity contribution < 1.29 is 19.0 Å². The fourth-order valence-corrected chi connectivity index (χ4v) is 3.94. The lowest BCUT2D eigenvalue weighted by atomic mass is 9.98. The molecule has 1 amide bonds. The topological polar surface area (TPSA) is 56.8 Å². The number of rotatable bonds is 6. The third-order valence-electron chi connectivity index (χ3n) is 5.49. The Balaban J connectivity index is 1.29. The Bertz CT molecular complexity index is 1130. The molecule has 5 heteroatoms. The predicted molar refractivity (Wildman–Crippen MR) is 124 cm³/mol. The summed E-state index contributed by atoms with van der Waals surface area (Å²) in [5.41, 5.74) is 5.58. The van der Waals surface area contributed by atoms with E-state index in [0.717, 1.165) is 5.56 Å². The summed E-state index contributed by atoms with van der Waals surface area (Å²) in [6.07, 6.45) is 0.0648. The highest BCUT2D eigenvalue weighted by Crippen LogP contribution is 2.44. The molecular formula is C27H25NO4. The zero-order valence-corrected chi connectivity index (χ0v) is 18.2. The van der Waals surface area contributed by atoms with Gasteiger partial charge in [0, 0.05) is 24.9 Å². The molecule has 3 aromatic rings. The third kappa shape index (κ3) is 4.55. The van der Waals surface area contributed by atoms with Gasteiger partial charge in [-0.05, 0) is 34.4 Å². The molecule has 0 aromatic heterocycles. The van der Waals surface area contributed by atoms with Crippen LogP contribution in [0.15, 0.2) is 66.7 Å². The number of carbonyl (C=O) groups excluding carboxylic acids is 1. The first-order valence-corrected chi connectivity index (χ1v) is 10.5. The molecule has 0 spiro atoms. The van der Waals surface area contributed by atoms with Crippen molar-refractivity contribution in [3.63, 3.8) is 0 Å². The first-order valence-electron chi connectivity index (χ1n) is 10.5. The van der Waals surface area contributed by atoms with Gasteiger partial charge >= 0.3 is 6.09 Å². The van der Waals surface area contributed by atoms with Gasteiger partial charge in [0.1, 0.15) is 18.1 Å². The highest BCUT2D eigenvalue weighted by Gasteiger charge is 2.28. The Hall–Kier alpha value is -3.91. The summed E-state index contributed by atoms with van der Waals surface area (Å²) in [5, 5.41) is 2.77. The molecule has 1 aliphatic rings. The van der Waals surface area contributed by atoms with Gasteiger partial charge in [0.2, 0.25) is 0 Å². The van der Waals surface area contributed by atoms with Crippen molar-refractivity contribution in [2.75, 3.05) is 27.4 Å². The first-order chi connectivity index (χ1) is 15.7. The maximum atomic E-state index is 12.2.